The average Bonchev–Trinajstić information content (AvgIpc) is 3.48. The first-order valence-electron chi connectivity index (χ1n) is 8.57. The molecule has 0 aliphatic carbocycles. The van der Waals surface area contributed by atoms with Crippen LogP contribution in [-0.2, 0) is 17.9 Å². The molecule has 9 heteroatoms. The van der Waals surface area contributed by atoms with Crippen LogP contribution in [0.25, 0.3) is 11.4 Å². The number of amides is 1. The van der Waals surface area contributed by atoms with E-state index in [9.17, 15) is 4.79 Å². The van der Waals surface area contributed by atoms with Crippen molar-refractivity contribution in [2.75, 3.05) is 5.75 Å². The molecular weight excluding hydrogens is 378 g/mol. The van der Waals surface area contributed by atoms with Gasteiger partial charge in [0.15, 0.2) is 11.0 Å². The molecule has 8 nitrogen and oxygen atoms in total. The minimum absolute atomic E-state index is 0.112. The van der Waals surface area contributed by atoms with Crippen molar-refractivity contribution >= 4 is 17.7 Å². The number of carbonyl (C=O) groups is 1. The van der Waals surface area contributed by atoms with E-state index in [1.54, 1.807) is 31.0 Å². The Balaban J connectivity index is 1.48. The van der Waals surface area contributed by atoms with Gasteiger partial charge in [-0.05, 0) is 36.4 Å². The van der Waals surface area contributed by atoms with Crippen molar-refractivity contribution in [3.05, 3.63) is 72.8 Å². The first-order chi connectivity index (χ1) is 13.8. The minimum Gasteiger partial charge on any atom is -0.467 e. The molecule has 28 heavy (non-hydrogen) atoms. The summed E-state index contributed by atoms with van der Waals surface area (Å²) in [6, 6.07) is 11.1. The van der Waals surface area contributed by atoms with Crippen molar-refractivity contribution in [2.24, 2.45) is 0 Å². The van der Waals surface area contributed by atoms with E-state index in [0.29, 0.717) is 29.8 Å². The monoisotopic (exact) mass is 395 g/mol. The highest BCUT2D eigenvalue weighted by molar-refractivity contribution is 7.99. The van der Waals surface area contributed by atoms with Gasteiger partial charge in [0.1, 0.15) is 11.5 Å². The third-order valence-electron chi connectivity index (χ3n) is 3.92. The topological polar surface area (TPSA) is 99.0 Å². The minimum atomic E-state index is -0.112. The third-order valence-corrected chi connectivity index (χ3v) is 4.89. The van der Waals surface area contributed by atoms with Crippen molar-refractivity contribution in [2.45, 2.75) is 18.2 Å². The Morgan fingerprint density at radius 3 is 2.50 bits per heavy atom. The van der Waals surface area contributed by atoms with E-state index in [-0.39, 0.29) is 11.7 Å². The molecule has 0 unspecified atom stereocenters. The molecule has 0 aliphatic heterocycles. The van der Waals surface area contributed by atoms with Gasteiger partial charge in [0, 0.05) is 18.0 Å². The van der Waals surface area contributed by atoms with Crippen LogP contribution in [0, 0.1) is 0 Å². The molecule has 142 valence electrons. The van der Waals surface area contributed by atoms with Gasteiger partial charge >= 0.3 is 0 Å². The number of hydrogen-bond donors (Lipinski definition) is 1. The van der Waals surface area contributed by atoms with Crippen LogP contribution < -0.4 is 5.32 Å². The zero-order chi connectivity index (χ0) is 19.2. The summed E-state index contributed by atoms with van der Waals surface area (Å²) in [5.41, 5.74) is 0.892. The summed E-state index contributed by atoms with van der Waals surface area (Å²) in [5.74, 6) is 2.28. The number of nitrogens with zero attached hydrogens (tertiary/aromatic N) is 4. The van der Waals surface area contributed by atoms with Crippen molar-refractivity contribution in [1.29, 1.82) is 0 Å². The van der Waals surface area contributed by atoms with Gasteiger partial charge < -0.3 is 14.2 Å². The maximum atomic E-state index is 12.2. The maximum Gasteiger partial charge on any atom is 0.230 e. The molecule has 0 atom stereocenters. The van der Waals surface area contributed by atoms with Crippen molar-refractivity contribution in [3.63, 3.8) is 0 Å². The molecule has 0 aliphatic rings. The van der Waals surface area contributed by atoms with Gasteiger partial charge in [-0.3, -0.25) is 14.3 Å². The molecule has 4 rings (SSSR count). The summed E-state index contributed by atoms with van der Waals surface area (Å²) in [6.45, 7) is 0.821. The second-order valence-corrected chi connectivity index (χ2v) is 6.79. The Bertz CT molecular complexity index is 1010. The second kappa shape index (κ2) is 8.57. The Morgan fingerprint density at radius 1 is 1.04 bits per heavy atom. The molecule has 0 saturated heterocycles. The molecule has 0 radical (unpaired) electrons. The number of aromatic nitrogens is 4. The maximum absolute atomic E-state index is 12.2. The van der Waals surface area contributed by atoms with E-state index in [4.69, 9.17) is 8.83 Å². The Labute approximate surface area is 165 Å². The Kier molecular flexibility index (Phi) is 5.53. The van der Waals surface area contributed by atoms with Gasteiger partial charge in [-0.2, -0.15) is 0 Å². The summed E-state index contributed by atoms with van der Waals surface area (Å²) < 4.78 is 12.6. The lowest BCUT2D eigenvalue weighted by Gasteiger charge is -2.09. The van der Waals surface area contributed by atoms with E-state index < -0.39 is 0 Å². The quantitative estimate of drug-likeness (QED) is 0.458. The summed E-state index contributed by atoms with van der Waals surface area (Å²) >= 11 is 1.32. The fourth-order valence-corrected chi connectivity index (χ4v) is 3.36. The molecule has 0 bridgehead atoms. The largest absolute Gasteiger partial charge is 0.467 e. The van der Waals surface area contributed by atoms with E-state index in [2.05, 4.69) is 20.5 Å². The number of thioether (sulfide) groups is 1. The predicted octanol–water partition coefficient (Wildman–Crippen LogP) is 2.98. The van der Waals surface area contributed by atoms with Gasteiger partial charge in [0.25, 0.3) is 0 Å². The highest BCUT2D eigenvalue weighted by Gasteiger charge is 2.17. The molecule has 4 heterocycles. The SMILES string of the molecule is O=C(CSc1nnc(-c2ccncc2)n1Cc1ccco1)NCc1ccco1. The van der Waals surface area contributed by atoms with Gasteiger partial charge in [0.05, 0.1) is 31.4 Å². The molecule has 0 saturated carbocycles. The van der Waals surface area contributed by atoms with Crippen LogP contribution in [0.2, 0.25) is 0 Å². The second-order valence-electron chi connectivity index (χ2n) is 5.85. The normalized spacial score (nSPS) is 10.9. The van der Waals surface area contributed by atoms with Crippen LogP contribution in [0.15, 0.2) is 75.3 Å². The van der Waals surface area contributed by atoms with Crippen LogP contribution in [0.4, 0.5) is 0 Å². The summed E-state index contributed by atoms with van der Waals surface area (Å²) in [7, 11) is 0. The molecular formula is C19H17N5O3S. The van der Waals surface area contributed by atoms with Crippen molar-refractivity contribution in [1.82, 2.24) is 25.1 Å². The van der Waals surface area contributed by atoms with E-state index in [1.165, 1.54) is 11.8 Å². The van der Waals surface area contributed by atoms with Gasteiger partial charge in [-0.15, -0.1) is 10.2 Å². The van der Waals surface area contributed by atoms with Gasteiger partial charge in [-0.1, -0.05) is 11.8 Å². The van der Waals surface area contributed by atoms with Crippen LogP contribution in [0.5, 0.6) is 0 Å². The number of nitrogens with one attached hydrogen (secondary N) is 1. The lowest BCUT2D eigenvalue weighted by Crippen LogP contribution is -2.24. The summed E-state index contributed by atoms with van der Waals surface area (Å²) in [4.78, 5) is 16.2. The first kappa shape index (κ1) is 18.1. The van der Waals surface area contributed by atoms with Crippen LogP contribution in [0.3, 0.4) is 0 Å². The smallest absolute Gasteiger partial charge is 0.230 e. The molecule has 1 N–H and O–H groups in total. The lowest BCUT2D eigenvalue weighted by molar-refractivity contribution is -0.118. The fraction of sp³-hybridized carbons (Fsp3) is 0.158. The number of rotatable bonds is 8. The fourth-order valence-electron chi connectivity index (χ4n) is 2.59. The number of furan rings is 2. The number of pyridine rings is 1. The lowest BCUT2D eigenvalue weighted by atomic mass is 10.2. The van der Waals surface area contributed by atoms with Crippen LogP contribution >= 0.6 is 11.8 Å². The molecule has 0 spiro atoms. The molecule has 1 amide bonds. The van der Waals surface area contributed by atoms with Gasteiger partial charge in [0.2, 0.25) is 5.91 Å². The van der Waals surface area contributed by atoms with Crippen molar-refractivity contribution in [3.8, 4) is 11.4 Å². The zero-order valence-corrected chi connectivity index (χ0v) is 15.6. The number of carbonyl (C=O) groups excluding carboxylic acids is 1. The van der Waals surface area contributed by atoms with E-state index in [0.717, 1.165) is 11.3 Å². The van der Waals surface area contributed by atoms with E-state index in [1.807, 2.05) is 34.9 Å². The molecule has 4 aromatic heterocycles. The highest BCUT2D eigenvalue weighted by Crippen LogP contribution is 2.25. The van der Waals surface area contributed by atoms with E-state index >= 15 is 0 Å². The summed E-state index contributed by atoms with van der Waals surface area (Å²) in [5, 5.41) is 12.0. The average molecular weight is 395 g/mol. The standard InChI is InChI=1S/C19H17N5O3S/c25-17(21-11-15-3-1-9-26-15)13-28-19-23-22-18(14-5-7-20-8-6-14)24(19)12-16-4-2-10-27-16/h1-10H,11-13H2,(H,21,25). The highest BCUT2D eigenvalue weighted by atomic mass is 32.2. The third kappa shape index (κ3) is 4.32. The van der Waals surface area contributed by atoms with Crippen LogP contribution in [-0.4, -0.2) is 31.4 Å². The van der Waals surface area contributed by atoms with Crippen LogP contribution in [0.1, 0.15) is 11.5 Å². The molecule has 4 aromatic rings. The Morgan fingerprint density at radius 2 is 1.79 bits per heavy atom. The molecule has 0 fully saturated rings. The van der Waals surface area contributed by atoms with Crippen molar-refractivity contribution < 1.29 is 13.6 Å². The molecule has 0 aromatic carbocycles. The first-order valence-corrected chi connectivity index (χ1v) is 9.56. The summed E-state index contributed by atoms with van der Waals surface area (Å²) in [6.07, 6.45) is 6.61. The number of hydrogen-bond acceptors (Lipinski definition) is 7. The zero-order valence-electron chi connectivity index (χ0n) is 14.8. The Hall–Kier alpha value is -3.33. The predicted molar refractivity (Wildman–Crippen MR) is 102 cm³/mol. The van der Waals surface area contributed by atoms with Gasteiger partial charge in [-0.25, -0.2) is 0 Å².